The Labute approximate surface area is 158 Å². The summed E-state index contributed by atoms with van der Waals surface area (Å²) < 4.78 is 5.15. The number of benzene rings is 1. The third-order valence-corrected chi connectivity index (χ3v) is 4.92. The van der Waals surface area contributed by atoms with Crippen molar-refractivity contribution >= 4 is 23.3 Å². The van der Waals surface area contributed by atoms with E-state index < -0.39 is 0 Å². The highest BCUT2D eigenvalue weighted by Crippen LogP contribution is 2.30. The smallest absolute Gasteiger partial charge is 0.225 e. The predicted molar refractivity (Wildman–Crippen MR) is 104 cm³/mol. The molecule has 1 aliphatic heterocycles. The monoisotopic (exact) mass is 376 g/mol. The zero-order chi connectivity index (χ0) is 18.4. The number of nitrogens with one attached hydrogen (secondary N) is 2. The van der Waals surface area contributed by atoms with E-state index >= 15 is 0 Å². The van der Waals surface area contributed by atoms with Crippen LogP contribution in [0.25, 0.3) is 11.3 Å². The molecule has 1 saturated heterocycles. The van der Waals surface area contributed by atoms with Crippen molar-refractivity contribution in [3.8, 4) is 17.0 Å². The Bertz CT molecular complexity index is 741. The van der Waals surface area contributed by atoms with E-state index in [1.165, 1.54) is 19.3 Å². The molecule has 140 valence electrons. The number of anilines is 1. The second-order valence-corrected chi connectivity index (χ2v) is 6.98. The van der Waals surface area contributed by atoms with Gasteiger partial charge >= 0.3 is 0 Å². The van der Waals surface area contributed by atoms with Crippen LogP contribution in [0.1, 0.15) is 32.1 Å². The minimum absolute atomic E-state index is 0.00460. The van der Waals surface area contributed by atoms with Gasteiger partial charge in [0.25, 0.3) is 0 Å². The molecule has 6 nitrogen and oxygen atoms in total. The fraction of sp³-hybridized carbons (Fsp3) is 0.474. The first-order chi connectivity index (χ1) is 12.7. The number of hydrogen-bond acceptors (Lipinski definition) is 4. The highest BCUT2D eigenvalue weighted by atomic mass is 35.5. The first-order valence-corrected chi connectivity index (χ1v) is 9.45. The van der Waals surface area contributed by atoms with Gasteiger partial charge in [-0.1, -0.05) is 18.0 Å². The Morgan fingerprint density at radius 2 is 2.12 bits per heavy atom. The fourth-order valence-electron chi connectivity index (χ4n) is 3.22. The van der Waals surface area contributed by atoms with Crippen LogP contribution in [0.3, 0.4) is 0 Å². The summed E-state index contributed by atoms with van der Waals surface area (Å²) in [6.07, 6.45) is 5.27. The van der Waals surface area contributed by atoms with Crippen molar-refractivity contribution in [3.05, 3.63) is 29.3 Å². The van der Waals surface area contributed by atoms with E-state index in [-0.39, 0.29) is 5.91 Å². The number of aromatic nitrogens is 2. The van der Waals surface area contributed by atoms with Gasteiger partial charge in [-0.3, -0.25) is 9.89 Å². The Balaban J connectivity index is 1.49. The van der Waals surface area contributed by atoms with Gasteiger partial charge in [-0.25, -0.2) is 0 Å². The van der Waals surface area contributed by atoms with Gasteiger partial charge in [0.2, 0.25) is 5.91 Å². The van der Waals surface area contributed by atoms with E-state index in [2.05, 4.69) is 20.4 Å². The van der Waals surface area contributed by atoms with Gasteiger partial charge in [-0.15, -0.1) is 0 Å². The number of amides is 1. The number of ether oxygens (including phenoxy) is 1. The summed E-state index contributed by atoms with van der Waals surface area (Å²) in [4.78, 5) is 14.6. The molecule has 0 saturated carbocycles. The number of aromatic amines is 1. The van der Waals surface area contributed by atoms with Crippen molar-refractivity contribution in [3.63, 3.8) is 0 Å². The number of nitrogens with zero attached hydrogens (tertiary/aromatic N) is 2. The average Bonchev–Trinajstić information content (AvgIpc) is 3.11. The van der Waals surface area contributed by atoms with Crippen molar-refractivity contribution in [1.29, 1.82) is 0 Å². The van der Waals surface area contributed by atoms with Crippen molar-refractivity contribution < 1.29 is 9.53 Å². The zero-order valence-corrected chi connectivity index (χ0v) is 15.8. The predicted octanol–water partition coefficient (Wildman–Crippen LogP) is 3.94. The van der Waals surface area contributed by atoms with Gasteiger partial charge < -0.3 is 15.0 Å². The molecule has 1 fully saturated rings. The Hall–Kier alpha value is -2.05. The lowest BCUT2D eigenvalue weighted by Crippen LogP contribution is -2.31. The lowest BCUT2D eigenvalue weighted by Gasteiger charge is -2.26. The van der Waals surface area contributed by atoms with E-state index in [4.69, 9.17) is 16.3 Å². The Morgan fingerprint density at radius 1 is 1.31 bits per heavy atom. The van der Waals surface area contributed by atoms with Crippen LogP contribution in [0.5, 0.6) is 5.75 Å². The van der Waals surface area contributed by atoms with Crippen molar-refractivity contribution in [1.82, 2.24) is 15.1 Å². The molecule has 0 aliphatic carbocycles. The second kappa shape index (κ2) is 9.05. The SMILES string of the molecule is COc1ccc(-c2cc(NC(=O)CCCN3CCCCC3)[nH]n2)cc1Cl. The molecule has 3 rings (SSSR count). The van der Waals surface area contributed by atoms with Crippen molar-refractivity contribution in [2.75, 3.05) is 32.1 Å². The summed E-state index contributed by atoms with van der Waals surface area (Å²) in [6, 6.07) is 7.28. The third kappa shape index (κ3) is 4.99. The fourth-order valence-corrected chi connectivity index (χ4v) is 3.48. The van der Waals surface area contributed by atoms with Crippen molar-refractivity contribution in [2.24, 2.45) is 0 Å². The molecular formula is C19H25ClN4O2. The van der Waals surface area contributed by atoms with Crippen LogP contribution >= 0.6 is 11.6 Å². The molecule has 1 aromatic heterocycles. The molecule has 26 heavy (non-hydrogen) atoms. The van der Waals surface area contributed by atoms with E-state index in [1.54, 1.807) is 25.3 Å². The van der Waals surface area contributed by atoms with Crippen LogP contribution in [0, 0.1) is 0 Å². The van der Waals surface area contributed by atoms with E-state index in [0.29, 0.717) is 23.0 Å². The average molecular weight is 377 g/mol. The van der Waals surface area contributed by atoms with Crippen LogP contribution in [-0.4, -0.2) is 47.7 Å². The first kappa shape index (κ1) is 18.7. The highest BCUT2D eigenvalue weighted by molar-refractivity contribution is 6.32. The lowest BCUT2D eigenvalue weighted by molar-refractivity contribution is -0.116. The number of hydrogen-bond donors (Lipinski definition) is 2. The van der Waals surface area contributed by atoms with Gasteiger partial charge in [0.05, 0.1) is 17.8 Å². The summed E-state index contributed by atoms with van der Waals surface area (Å²) in [5.41, 5.74) is 1.58. The number of H-pyrrole nitrogens is 1. The third-order valence-electron chi connectivity index (χ3n) is 4.63. The molecule has 0 atom stereocenters. The Kier molecular flexibility index (Phi) is 6.52. The molecule has 0 bridgehead atoms. The van der Waals surface area contributed by atoms with E-state index in [9.17, 15) is 4.79 Å². The molecule has 2 aromatic rings. The van der Waals surface area contributed by atoms with Crippen LogP contribution in [0.15, 0.2) is 24.3 Å². The molecule has 1 aromatic carbocycles. The molecule has 1 aliphatic rings. The van der Waals surface area contributed by atoms with Gasteiger partial charge in [0.15, 0.2) is 0 Å². The molecule has 0 radical (unpaired) electrons. The van der Waals surface area contributed by atoms with Crippen molar-refractivity contribution in [2.45, 2.75) is 32.1 Å². The van der Waals surface area contributed by atoms with Gasteiger partial charge in [0, 0.05) is 18.1 Å². The van der Waals surface area contributed by atoms with E-state index in [1.807, 2.05) is 6.07 Å². The van der Waals surface area contributed by atoms with Crippen LogP contribution in [0.4, 0.5) is 5.82 Å². The number of methoxy groups -OCH3 is 1. The quantitative estimate of drug-likeness (QED) is 0.767. The molecule has 1 amide bonds. The van der Waals surface area contributed by atoms with Gasteiger partial charge in [-0.2, -0.15) is 5.10 Å². The minimum atomic E-state index is 0.00460. The maximum atomic E-state index is 12.1. The molecule has 7 heteroatoms. The summed E-state index contributed by atoms with van der Waals surface area (Å²) in [6.45, 7) is 3.32. The van der Waals surface area contributed by atoms with E-state index in [0.717, 1.165) is 37.3 Å². The standard InChI is InChI=1S/C19H25ClN4O2/c1-26-17-8-7-14(12-15(17)20)16-13-18(23-22-16)21-19(25)6-5-11-24-9-3-2-4-10-24/h7-8,12-13H,2-6,9-11H2,1H3,(H2,21,22,23,25). The number of halogens is 1. The topological polar surface area (TPSA) is 70.2 Å². The highest BCUT2D eigenvalue weighted by Gasteiger charge is 2.12. The number of piperidine rings is 1. The lowest BCUT2D eigenvalue weighted by atomic mass is 10.1. The molecule has 0 spiro atoms. The molecular weight excluding hydrogens is 352 g/mol. The maximum Gasteiger partial charge on any atom is 0.225 e. The second-order valence-electron chi connectivity index (χ2n) is 6.57. The molecule has 0 unspecified atom stereocenters. The molecule has 2 N–H and O–H groups in total. The number of rotatable bonds is 7. The summed E-state index contributed by atoms with van der Waals surface area (Å²) >= 11 is 6.16. The largest absolute Gasteiger partial charge is 0.495 e. The summed E-state index contributed by atoms with van der Waals surface area (Å²) in [5.74, 6) is 1.22. The Morgan fingerprint density at radius 3 is 2.85 bits per heavy atom. The van der Waals surface area contributed by atoms with Crippen LogP contribution in [0.2, 0.25) is 5.02 Å². The zero-order valence-electron chi connectivity index (χ0n) is 15.1. The maximum absolute atomic E-state index is 12.1. The molecule has 2 heterocycles. The summed E-state index contributed by atoms with van der Waals surface area (Å²) in [5, 5.41) is 10.5. The summed E-state index contributed by atoms with van der Waals surface area (Å²) in [7, 11) is 1.58. The minimum Gasteiger partial charge on any atom is -0.495 e. The first-order valence-electron chi connectivity index (χ1n) is 9.07. The number of carbonyl (C=O) groups is 1. The van der Waals surface area contributed by atoms with Crippen LogP contribution < -0.4 is 10.1 Å². The normalized spacial score (nSPS) is 15.0. The number of likely N-dealkylation sites (tertiary alicyclic amines) is 1. The van der Waals surface area contributed by atoms with Gasteiger partial charge in [0.1, 0.15) is 11.6 Å². The van der Waals surface area contributed by atoms with Crippen LogP contribution in [-0.2, 0) is 4.79 Å². The van der Waals surface area contributed by atoms with Gasteiger partial charge in [-0.05, 0) is 57.1 Å². The number of carbonyl (C=O) groups excluding carboxylic acids is 1.